The van der Waals surface area contributed by atoms with E-state index in [1.807, 2.05) is 49.4 Å². The number of aryl methyl sites for hydroxylation is 1. The van der Waals surface area contributed by atoms with Gasteiger partial charge in [-0.2, -0.15) is 5.10 Å². The number of nitrogens with zero attached hydrogens (tertiary/aromatic N) is 1. The van der Waals surface area contributed by atoms with Crippen molar-refractivity contribution in [3.05, 3.63) is 113 Å². The third-order valence-corrected chi connectivity index (χ3v) is 5.30. The van der Waals surface area contributed by atoms with Gasteiger partial charge in [0.25, 0.3) is 11.8 Å². The van der Waals surface area contributed by atoms with Crippen molar-refractivity contribution in [2.24, 2.45) is 5.10 Å². The van der Waals surface area contributed by atoms with E-state index in [-0.39, 0.29) is 12.5 Å². The first-order valence-electron chi connectivity index (χ1n) is 11.0. The van der Waals surface area contributed by atoms with Gasteiger partial charge >= 0.3 is 5.97 Å². The Morgan fingerprint density at radius 1 is 0.829 bits per heavy atom. The Kier molecular flexibility index (Phi) is 7.28. The van der Waals surface area contributed by atoms with Crippen molar-refractivity contribution in [2.45, 2.75) is 6.92 Å². The Hall–Kier alpha value is -4.78. The molecule has 0 aliphatic heterocycles. The lowest BCUT2D eigenvalue weighted by Gasteiger charge is -2.07. The molecule has 174 valence electrons. The van der Waals surface area contributed by atoms with E-state index in [0.29, 0.717) is 22.4 Å². The molecule has 0 radical (unpaired) electrons. The van der Waals surface area contributed by atoms with E-state index in [1.54, 1.807) is 48.5 Å². The number of fused-ring (bicyclic) bond motifs is 1. The molecule has 0 fully saturated rings. The summed E-state index contributed by atoms with van der Waals surface area (Å²) in [5.41, 5.74) is 4.92. The topological polar surface area (TPSA) is 96.9 Å². The number of carbonyl (C=O) groups excluding carboxylic acids is 3. The molecule has 0 saturated heterocycles. The maximum atomic E-state index is 12.5. The minimum absolute atomic E-state index is 0.215. The second-order valence-electron chi connectivity index (χ2n) is 7.78. The summed E-state index contributed by atoms with van der Waals surface area (Å²) < 4.78 is 5.40. The molecule has 4 aromatic rings. The molecule has 0 heterocycles. The van der Waals surface area contributed by atoms with Crippen LogP contribution < -0.4 is 15.5 Å². The van der Waals surface area contributed by atoms with Crippen molar-refractivity contribution in [3.63, 3.8) is 0 Å². The maximum absolute atomic E-state index is 12.5. The maximum Gasteiger partial charge on any atom is 0.343 e. The standard InChI is InChI=1S/C28H23N3O4/c1-19-7-2-4-10-23(19)28(34)35-22-15-13-20(14-16-22)17-30-31-26(32)18-29-27(33)25-12-6-9-21-8-3-5-11-24(21)25/h2-17H,18H2,1H3,(H,29,33)(H,31,32)/b30-17-. The molecule has 0 unspecified atom stereocenters. The van der Waals surface area contributed by atoms with Crippen LogP contribution in [-0.2, 0) is 4.79 Å². The van der Waals surface area contributed by atoms with E-state index in [2.05, 4.69) is 15.8 Å². The second kappa shape index (κ2) is 10.9. The van der Waals surface area contributed by atoms with Crippen LogP contribution in [0.4, 0.5) is 0 Å². The highest BCUT2D eigenvalue weighted by atomic mass is 16.5. The molecule has 0 aromatic heterocycles. The predicted octanol–water partition coefficient (Wildman–Crippen LogP) is 4.25. The van der Waals surface area contributed by atoms with Crippen LogP contribution in [0.15, 0.2) is 96.1 Å². The second-order valence-corrected chi connectivity index (χ2v) is 7.78. The first-order valence-corrected chi connectivity index (χ1v) is 11.0. The third-order valence-electron chi connectivity index (χ3n) is 5.30. The number of esters is 1. The Morgan fingerprint density at radius 3 is 2.31 bits per heavy atom. The van der Waals surface area contributed by atoms with Crippen molar-refractivity contribution < 1.29 is 19.1 Å². The zero-order chi connectivity index (χ0) is 24.6. The van der Waals surface area contributed by atoms with Gasteiger partial charge in [0.15, 0.2) is 0 Å². The summed E-state index contributed by atoms with van der Waals surface area (Å²) in [6.45, 7) is 1.63. The van der Waals surface area contributed by atoms with E-state index in [9.17, 15) is 14.4 Å². The normalized spacial score (nSPS) is 10.8. The van der Waals surface area contributed by atoms with Gasteiger partial charge in [0.05, 0.1) is 18.3 Å². The fraction of sp³-hybridized carbons (Fsp3) is 0.0714. The Balaban J connectivity index is 1.26. The number of hydrogen-bond acceptors (Lipinski definition) is 5. The Morgan fingerprint density at radius 2 is 1.51 bits per heavy atom. The van der Waals surface area contributed by atoms with Crippen LogP contribution in [-0.4, -0.2) is 30.5 Å². The van der Waals surface area contributed by atoms with Crippen LogP contribution in [0.25, 0.3) is 10.8 Å². The SMILES string of the molecule is Cc1ccccc1C(=O)Oc1ccc(/C=N\NC(=O)CNC(=O)c2cccc3ccccc23)cc1. The van der Waals surface area contributed by atoms with Crippen LogP contribution in [0.3, 0.4) is 0 Å². The van der Waals surface area contributed by atoms with Crippen molar-refractivity contribution in [2.75, 3.05) is 6.54 Å². The van der Waals surface area contributed by atoms with Crippen molar-refractivity contribution in [1.29, 1.82) is 0 Å². The fourth-order valence-electron chi connectivity index (χ4n) is 3.48. The Labute approximate surface area is 202 Å². The van der Waals surface area contributed by atoms with E-state index < -0.39 is 11.9 Å². The van der Waals surface area contributed by atoms with Gasteiger partial charge in [-0.05, 0) is 65.2 Å². The van der Waals surface area contributed by atoms with Gasteiger partial charge in [0, 0.05) is 5.56 Å². The number of carbonyl (C=O) groups is 3. The molecule has 7 nitrogen and oxygen atoms in total. The van der Waals surface area contributed by atoms with Crippen molar-refractivity contribution in [3.8, 4) is 5.75 Å². The van der Waals surface area contributed by atoms with Gasteiger partial charge in [-0.3, -0.25) is 9.59 Å². The minimum Gasteiger partial charge on any atom is -0.423 e. The summed E-state index contributed by atoms with van der Waals surface area (Å²) in [5, 5.41) is 8.29. The van der Waals surface area contributed by atoms with Crippen LogP contribution in [0.1, 0.15) is 31.8 Å². The van der Waals surface area contributed by atoms with Gasteiger partial charge in [0.1, 0.15) is 5.75 Å². The first-order chi connectivity index (χ1) is 17.0. The van der Waals surface area contributed by atoms with Gasteiger partial charge < -0.3 is 10.1 Å². The predicted molar refractivity (Wildman–Crippen MR) is 135 cm³/mol. The van der Waals surface area contributed by atoms with Gasteiger partial charge in [-0.25, -0.2) is 10.2 Å². The van der Waals surface area contributed by atoms with Gasteiger partial charge in [-0.15, -0.1) is 0 Å². The van der Waals surface area contributed by atoms with E-state index in [4.69, 9.17) is 4.74 Å². The van der Waals surface area contributed by atoms with Crippen LogP contribution in [0, 0.1) is 6.92 Å². The average Bonchev–Trinajstić information content (AvgIpc) is 2.88. The average molecular weight is 466 g/mol. The molecule has 35 heavy (non-hydrogen) atoms. The van der Waals surface area contributed by atoms with Crippen LogP contribution >= 0.6 is 0 Å². The van der Waals surface area contributed by atoms with Crippen molar-refractivity contribution >= 4 is 34.8 Å². The molecule has 0 aliphatic rings. The molecular formula is C28H23N3O4. The van der Waals surface area contributed by atoms with E-state index >= 15 is 0 Å². The lowest BCUT2D eigenvalue weighted by molar-refractivity contribution is -0.120. The molecular weight excluding hydrogens is 442 g/mol. The molecule has 7 heteroatoms. The first kappa shape index (κ1) is 23.4. The number of hydrogen-bond donors (Lipinski definition) is 2. The molecule has 4 rings (SSSR count). The molecule has 2 amide bonds. The number of rotatable bonds is 7. The molecule has 0 spiro atoms. The van der Waals surface area contributed by atoms with Crippen LogP contribution in [0.2, 0.25) is 0 Å². The quantitative estimate of drug-likeness (QED) is 0.185. The largest absolute Gasteiger partial charge is 0.423 e. The molecule has 0 aliphatic carbocycles. The number of nitrogens with one attached hydrogen (secondary N) is 2. The summed E-state index contributed by atoms with van der Waals surface area (Å²) in [5.74, 6) is -0.826. The van der Waals surface area contributed by atoms with Gasteiger partial charge in [-0.1, -0.05) is 54.6 Å². The van der Waals surface area contributed by atoms with E-state index in [0.717, 1.165) is 16.3 Å². The summed E-state index contributed by atoms with van der Waals surface area (Å²) in [4.78, 5) is 36.9. The van der Waals surface area contributed by atoms with Crippen molar-refractivity contribution in [1.82, 2.24) is 10.7 Å². The highest BCUT2D eigenvalue weighted by molar-refractivity contribution is 6.07. The summed E-state index contributed by atoms with van der Waals surface area (Å²) in [6.07, 6.45) is 1.46. The Bertz CT molecular complexity index is 1410. The zero-order valence-electron chi connectivity index (χ0n) is 19.0. The molecule has 4 aromatic carbocycles. The number of hydrazone groups is 1. The molecule has 2 N–H and O–H groups in total. The molecule has 0 bridgehead atoms. The third kappa shape index (κ3) is 5.97. The lowest BCUT2D eigenvalue weighted by atomic mass is 10.0. The summed E-state index contributed by atoms with van der Waals surface area (Å²) in [6, 6.07) is 26.9. The molecule has 0 saturated carbocycles. The fourth-order valence-corrected chi connectivity index (χ4v) is 3.48. The smallest absolute Gasteiger partial charge is 0.343 e. The lowest BCUT2D eigenvalue weighted by Crippen LogP contribution is -2.35. The number of amides is 2. The summed E-state index contributed by atoms with van der Waals surface area (Å²) >= 11 is 0. The van der Waals surface area contributed by atoms with E-state index in [1.165, 1.54) is 6.21 Å². The highest BCUT2D eigenvalue weighted by Crippen LogP contribution is 2.18. The molecule has 0 atom stereocenters. The van der Waals surface area contributed by atoms with Gasteiger partial charge in [0.2, 0.25) is 0 Å². The van der Waals surface area contributed by atoms with Crippen LogP contribution in [0.5, 0.6) is 5.75 Å². The highest BCUT2D eigenvalue weighted by Gasteiger charge is 2.12. The number of ether oxygens (including phenoxy) is 1. The number of benzene rings is 4. The monoisotopic (exact) mass is 465 g/mol. The summed E-state index contributed by atoms with van der Waals surface area (Å²) in [7, 11) is 0. The zero-order valence-corrected chi connectivity index (χ0v) is 19.0. The minimum atomic E-state index is -0.460.